The zero-order chi connectivity index (χ0) is 26.7. The summed E-state index contributed by atoms with van der Waals surface area (Å²) in [5.41, 5.74) is 2.23. The van der Waals surface area contributed by atoms with Crippen LogP contribution in [0.2, 0.25) is 0 Å². The highest BCUT2D eigenvalue weighted by Crippen LogP contribution is 2.55. The van der Waals surface area contributed by atoms with Gasteiger partial charge in [-0.2, -0.15) is 0 Å². The number of carbonyl (C=O) groups is 3. The van der Waals surface area contributed by atoms with E-state index in [4.69, 9.17) is 4.74 Å². The molecule has 0 heterocycles. The molecule has 4 saturated carbocycles. The Balaban J connectivity index is 1.11. The number of benzene rings is 2. The minimum absolute atomic E-state index is 0.0211. The van der Waals surface area contributed by atoms with Crippen molar-refractivity contribution in [2.45, 2.75) is 75.1 Å². The Morgan fingerprint density at radius 1 is 0.947 bits per heavy atom. The van der Waals surface area contributed by atoms with Gasteiger partial charge in [-0.05, 0) is 98.4 Å². The molecule has 4 bridgehead atoms. The van der Waals surface area contributed by atoms with Crippen LogP contribution in [-0.4, -0.2) is 35.7 Å². The molecule has 0 unspecified atom stereocenters. The van der Waals surface area contributed by atoms with Crippen LogP contribution in [-0.2, 0) is 14.3 Å². The Hall–Kier alpha value is -2.80. The molecule has 1 atom stereocenters. The number of rotatable bonds is 10. The second-order valence-corrected chi connectivity index (χ2v) is 12.6. The predicted octanol–water partition coefficient (Wildman–Crippen LogP) is 6.17. The monoisotopic (exact) mass is 534 g/mol. The Morgan fingerprint density at radius 2 is 1.58 bits per heavy atom. The maximum Gasteiger partial charge on any atom is 0.339 e. The van der Waals surface area contributed by atoms with Crippen LogP contribution in [0, 0.1) is 17.8 Å². The molecule has 2 N–H and O–H groups in total. The van der Waals surface area contributed by atoms with Gasteiger partial charge in [0.05, 0.1) is 11.3 Å². The largest absolute Gasteiger partial charge is 0.452 e. The molecule has 0 spiro atoms. The Bertz CT molecular complexity index is 1140. The summed E-state index contributed by atoms with van der Waals surface area (Å²) in [5.74, 6) is 2.08. The molecular weight excluding hydrogens is 496 g/mol. The van der Waals surface area contributed by atoms with Crippen LogP contribution in [0.3, 0.4) is 0 Å². The van der Waals surface area contributed by atoms with E-state index in [1.807, 2.05) is 36.4 Å². The van der Waals surface area contributed by atoms with Crippen molar-refractivity contribution in [3.63, 3.8) is 0 Å². The van der Waals surface area contributed by atoms with Crippen molar-refractivity contribution >= 4 is 35.2 Å². The number of nitrogens with one attached hydrogen (secondary N) is 2. The van der Waals surface area contributed by atoms with Crippen LogP contribution in [0.25, 0.3) is 0 Å². The van der Waals surface area contributed by atoms with E-state index in [9.17, 15) is 14.4 Å². The van der Waals surface area contributed by atoms with Gasteiger partial charge >= 0.3 is 5.97 Å². The molecule has 4 aliphatic rings. The molecular formula is C31H38N2O4S. The van der Waals surface area contributed by atoms with Gasteiger partial charge in [-0.25, -0.2) is 4.79 Å². The fourth-order valence-corrected chi connectivity index (χ4v) is 7.88. The minimum atomic E-state index is -0.572. The van der Waals surface area contributed by atoms with Gasteiger partial charge in [-0.15, -0.1) is 11.8 Å². The molecule has 0 saturated heterocycles. The molecule has 202 valence electrons. The SMILES string of the molecule is CC[C@@H](C)c1ccc(NC(=O)COC(=O)c2ccccc2SCC(=O)NC23CC4CC(CC(C4)C2)C3)cc1. The summed E-state index contributed by atoms with van der Waals surface area (Å²) in [6.45, 7) is 3.93. The van der Waals surface area contributed by atoms with Gasteiger partial charge < -0.3 is 15.4 Å². The molecule has 7 heteroatoms. The summed E-state index contributed by atoms with van der Waals surface area (Å²) >= 11 is 1.34. The quantitative estimate of drug-likeness (QED) is 0.281. The summed E-state index contributed by atoms with van der Waals surface area (Å²) in [6, 6.07) is 14.8. The number of hydrogen-bond donors (Lipinski definition) is 2. The molecule has 0 aliphatic heterocycles. The van der Waals surface area contributed by atoms with Crippen LogP contribution in [0.1, 0.15) is 80.6 Å². The van der Waals surface area contributed by atoms with Crippen molar-refractivity contribution in [1.82, 2.24) is 5.32 Å². The molecule has 2 aromatic carbocycles. The van der Waals surface area contributed by atoms with E-state index in [0.29, 0.717) is 22.1 Å². The highest BCUT2D eigenvalue weighted by molar-refractivity contribution is 8.00. The number of hydrogen-bond acceptors (Lipinski definition) is 5. The van der Waals surface area contributed by atoms with Crippen molar-refractivity contribution < 1.29 is 19.1 Å². The zero-order valence-corrected chi connectivity index (χ0v) is 23.1. The van der Waals surface area contributed by atoms with Crippen LogP contribution >= 0.6 is 11.8 Å². The highest BCUT2D eigenvalue weighted by atomic mass is 32.2. The first-order valence-corrected chi connectivity index (χ1v) is 14.9. The average molecular weight is 535 g/mol. The summed E-state index contributed by atoms with van der Waals surface area (Å²) in [7, 11) is 0. The highest BCUT2D eigenvalue weighted by Gasteiger charge is 2.51. The number of thioether (sulfide) groups is 1. The fourth-order valence-electron chi connectivity index (χ4n) is 7.04. The number of carbonyl (C=O) groups excluding carboxylic acids is 3. The Labute approximate surface area is 229 Å². The summed E-state index contributed by atoms with van der Waals surface area (Å²) < 4.78 is 5.32. The molecule has 38 heavy (non-hydrogen) atoms. The molecule has 0 aromatic heterocycles. The van der Waals surface area contributed by atoms with Crippen molar-refractivity contribution in [2.75, 3.05) is 17.7 Å². The number of esters is 1. The van der Waals surface area contributed by atoms with Crippen molar-refractivity contribution in [3.8, 4) is 0 Å². The van der Waals surface area contributed by atoms with E-state index in [0.717, 1.165) is 43.4 Å². The first kappa shape index (κ1) is 26.8. The van der Waals surface area contributed by atoms with Crippen molar-refractivity contribution in [1.29, 1.82) is 0 Å². The minimum Gasteiger partial charge on any atom is -0.452 e. The lowest BCUT2D eigenvalue weighted by Gasteiger charge is -2.56. The molecule has 4 aliphatic carbocycles. The van der Waals surface area contributed by atoms with Gasteiger partial charge in [0, 0.05) is 16.1 Å². The summed E-state index contributed by atoms with van der Waals surface area (Å²) in [5, 5.41) is 6.17. The van der Waals surface area contributed by atoms with Crippen LogP contribution in [0.5, 0.6) is 0 Å². The average Bonchev–Trinajstić information content (AvgIpc) is 2.89. The number of amides is 2. The maximum absolute atomic E-state index is 12.9. The van der Waals surface area contributed by atoms with Gasteiger partial charge in [0.1, 0.15) is 0 Å². The van der Waals surface area contributed by atoms with Gasteiger partial charge in [0.25, 0.3) is 5.91 Å². The summed E-state index contributed by atoms with van der Waals surface area (Å²) in [4.78, 5) is 38.8. The number of ether oxygens (including phenoxy) is 1. The standard InChI is InChI=1S/C31H38N2O4S/c1-3-20(2)24-8-10-25(11-9-24)32-28(34)18-37-30(36)26-6-4-5-7-27(26)38-19-29(35)33-31-15-21-12-22(16-31)14-23(13-21)17-31/h4-11,20-23H,3,12-19H2,1-2H3,(H,32,34)(H,33,35)/t20-,21?,22?,23?,31?/m1/s1. The Morgan fingerprint density at radius 3 is 2.21 bits per heavy atom. The van der Waals surface area contributed by atoms with Gasteiger partial charge in [-0.3, -0.25) is 9.59 Å². The smallest absolute Gasteiger partial charge is 0.339 e. The maximum atomic E-state index is 12.9. The zero-order valence-electron chi connectivity index (χ0n) is 22.3. The lowest BCUT2D eigenvalue weighted by molar-refractivity contribution is -0.124. The molecule has 6 nitrogen and oxygen atoms in total. The topological polar surface area (TPSA) is 84.5 Å². The molecule has 2 amide bonds. The van der Waals surface area contributed by atoms with E-state index in [1.54, 1.807) is 12.1 Å². The van der Waals surface area contributed by atoms with E-state index < -0.39 is 11.9 Å². The Kier molecular flexibility index (Phi) is 8.12. The van der Waals surface area contributed by atoms with Crippen LogP contribution in [0.15, 0.2) is 53.4 Å². The molecule has 4 fully saturated rings. The molecule has 2 aromatic rings. The van der Waals surface area contributed by atoms with E-state index >= 15 is 0 Å². The van der Waals surface area contributed by atoms with E-state index in [2.05, 4.69) is 24.5 Å². The second kappa shape index (κ2) is 11.5. The lowest BCUT2D eigenvalue weighted by Crippen LogP contribution is -2.60. The number of anilines is 1. The fraction of sp³-hybridized carbons (Fsp3) is 0.516. The van der Waals surface area contributed by atoms with E-state index in [-0.39, 0.29) is 23.8 Å². The lowest BCUT2D eigenvalue weighted by atomic mass is 9.53. The third-order valence-electron chi connectivity index (χ3n) is 8.62. The molecule has 6 rings (SSSR count). The van der Waals surface area contributed by atoms with Gasteiger partial charge in [0.2, 0.25) is 5.91 Å². The predicted molar refractivity (Wildman–Crippen MR) is 150 cm³/mol. The first-order chi connectivity index (χ1) is 18.3. The van der Waals surface area contributed by atoms with Gasteiger partial charge in [0.15, 0.2) is 6.61 Å². The summed E-state index contributed by atoms with van der Waals surface area (Å²) in [6.07, 6.45) is 8.40. The first-order valence-electron chi connectivity index (χ1n) is 13.9. The third kappa shape index (κ3) is 6.25. The van der Waals surface area contributed by atoms with Crippen LogP contribution in [0.4, 0.5) is 5.69 Å². The molecule has 0 radical (unpaired) electrons. The second-order valence-electron chi connectivity index (χ2n) is 11.6. The third-order valence-corrected chi connectivity index (χ3v) is 9.69. The normalized spacial score (nSPS) is 26.0. The van der Waals surface area contributed by atoms with E-state index in [1.165, 1.54) is 36.6 Å². The van der Waals surface area contributed by atoms with Crippen molar-refractivity contribution in [2.24, 2.45) is 17.8 Å². The van der Waals surface area contributed by atoms with Crippen molar-refractivity contribution in [3.05, 3.63) is 59.7 Å². The van der Waals surface area contributed by atoms with Crippen LogP contribution < -0.4 is 10.6 Å². The van der Waals surface area contributed by atoms with Gasteiger partial charge in [-0.1, -0.05) is 38.1 Å².